The lowest BCUT2D eigenvalue weighted by molar-refractivity contribution is -0.145. The van der Waals surface area contributed by atoms with Crippen LogP contribution < -0.4 is 5.32 Å². The van der Waals surface area contributed by atoms with Gasteiger partial charge >= 0.3 is 6.03 Å². The van der Waals surface area contributed by atoms with Crippen LogP contribution in [0.1, 0.15) is 32.1 Å². The minimum absolute atomic E-state index is 0.0529. The quantitative estimate of drug-likeness (QED) is 0.802. The number of rotatable bonds is 4. The number of morpholine rings is 1. The van der Waals surface area contributed by atoms with Gasteiger partial charge in [0.2, 0.25) is 5.91 Å². The van der Waals surface area contributed by atoms with Crippen molar-refractivity contribution >= 4 is 11.9 Å². The van der Waals surface area contributed by atoms with Crippen LogP contribution in [-0.2, 0) is 9.53 Å². The molecular weight excluding hydrogens is 320 g/mol. The van der Waals surface area contributed by atoms with E-state index in [0.717, 1.165) is 64.6 Å². The molecule has 7 nitrogen and oxygen atoms in total. The average molecular weight is 350 g/mol. The number of likely N-dealkylation sites (tertiary alicyclic amines) is 1. The monoisotopic (exact) mass is 350 g/mol. The third kappa shape index (κ3) is 3.62. The fraction of sp³-hybridized carbons (Fsp3) is 0.889. The summed E-state index contributed by atoms with van der Waals surface area (Å²) in [5.41, 5.74) is 0. The van der Waals surface area contributed by atoms with Crippen LogP contribution in [0.3, 0.4) is 0 Å². The van der Waals surface area contributed by atoms with Crippen LogP contribution in [0.25, 0.3) is 0 Å². The number of ether oxygens (including phenoxy) is 1. The molecule has 1 N–H and O–H groups in total. The first-order valence-electron chi connectivity index (χ1n) is 9.87. The molecule has 3 saturated heterocycles. The second-order valence-corrected chi connectivity index (χ2v) is 7.86. The Balaban J connectivity index is 1.31. The van der Waals surface area contributed by atoms with Gasteiger partial charge < -0.3 is 19.9 Å². The highest BCUT2D eigenvalue weighted by molar-refractivity contribution is 5.82. The number of nitrogens with zero attached hydrogens (tertiary/aromatic N) is 3. The van der Waals surface area contributed by atoms with Crippen LogP contribution in [0, 0.1) is 5.92 Å². The van der Waals surface area contributed by atoms with Crippen molar-refractivity contribution in [3.8, 4) is 0 Å². The second-order valence-electron chi connectivity index (χ2n) is 7.86. The predicted molar refractivity (Wildman–Crippen MR) is 93.2 cm³/mol. The van der Waals surface area contributed by atoms with Gasteiger partial charge in [-0.1, -0.05) is 6.42 Å². The van der Waals surface area contributed by atoms with Gasteiger partial charge in [-0.2, -0.15) is 0 Å². The predicted octanol–water partition coefficient (Wildman–Crippen LogP) is 0.504. The maximum Gasteiger partial charge on any atom is 0.317 e. The Labute approximate surface area is 149 Å². The molecule has 3 aliphatic heterocycles. The summed E-state index contributed by atoms with van der Waals surface area (Å²) in [6.45, 7) is 6.23. The van der Waals surface area contributed by atoms with Gasteiger partial charge in [0.05, 0.1) is 13.2 Å². The lowest BCUT2D eigenvalue weighted by Gasteiger charge is -2.42. The number of hydrogen-bond donors (Lipinski definition) is 1. The topological polar surface area (TPSA) is 65.1 Å². The summed E-state index contributed by atoms with van der Waals surface area (Å²) < 4.78 is 5.62. The molecule has 4 aliphatic rings. The molecule has 1 atom stereocenters. The first-order chi connectivity index (χ1) is 12.2. The summed E-state index contributed by atoms with van der Waals surface area (Å²) in [5.74, 6) is 0.996. The van der Waals surface area contributed by atoms with E-state index in [0.29, 0.717) is 6.61 Å². The highest BCUT2D eigenvalue weighted by Crippen LogP contribution is 2.29. The molecule has 1 aliphatic carbocycles. The van der Waals surface area contributed by atoms with Crippen LogP contribution in [0.4, 0.5) is 4.79 Å². The van der Waals surface area contributed by atoms with Crippen molar-refractivity contribution in [2.75, 3.05) is 52.5 Å². The number of carbonyl (C=O) groups excluding carboxylic acids is 2. The third-order valence-electron chi connectivity index (χ3n) is 6.35. The van der Waals surface area contributed by atoms with Crippen molar-refractivity contribution in [3.63, 3.8) is 0 Å². The number of hydrogen-bond acceptors (Lipinski definition) is 4. The fourth-order valence-corrected chi connectivity index (χ4v) is 4.53. The summed E-state index contributed by atoms with van der Waals surface area (Å²) in [5, 5.41) is 2.87. The molecule has 140 valence electrons. The fourth-order valence-electron chi connectivity index (χ4n) is 4.53. The first-order valence-corrected chi connectivity index (χ1v) is 9.87. The Bertz CT molecular complexity index is 503. The maximum atomic E-state index is 13.1. The maximum absolute atomic E-state index is 13.1. The number of carbonyl (C=O) groups is 2. The van der Waals surface area contributed by atoms with E-state index in [9.17, 15) is 9.59 Å². The lowest BCUT2D eigenvalue weighted by atomic mass is 9.84. The van der Waals surface area contributed by atoms with Crippen molar-refractivity contribution in [3.05, 3.63) is 0 Å². The van der Waals surface area contributed by atoms with E-state index >= 15 is 0 Å². The lowest BCUT2D eigenvalue weighted by Crippen LogP contribution is -2.58. The first kappa shape index (κ1) is 17.1. The second kappa shape index (κ2) is 7.50. The van der Waals surface area contributed by atoms with E-state index in [1.54, 1.807) is 0 Å². The average Bonchev–Trinajstić information content (AvgIpc) is 3.04. The van der Waals surface area contributed by atoms with E-state index in [2.05, 4.69) is 10.2 Å². The van der Waals surface area contributed by atoms with E-state index < -0.39 is 0 Å². The summed E-state index contributed by atoms with van der Waals surface area (Å²) in [4.78, 5) is 31.2. The van der Waals surface area contributed by atoms with Crippen LogP contribution in [0.15, 0.2) is 0 Å². The van der Waals surface area contributed by atoms with Crippen molar-refractivity contribution < 1.29 is 14.3 Å². The summed E-state index contributed by atoms with van der Waals surface area (Å²) in [7, 11) is 0. The van der Waals surface area contributed by atoms with Crippen molar-refractivity contribution in [2.45, 2.75) is 44.2 Å². The highest BCUT2D eigenvalue weighted by Gasteiger charge is 2.37. The summed E-state index contributed by atoms with van der Waals surface area (Å²) in [6, 6.07) is 0.221. The molecule has 1 saturated carbocycles. The zero-order chi connectivity index (χ0) is 17.2. The molecule has 3 heterocycles. The largest absolute Gasteiger partial charge is 0.378 e. The smallest absolute Gasteiger partial charge is 0.317 e. The van der Waals surface area contributed by atoms with Crippen molar-refractivity contribution in [2.24, 2.45) is 5.92 Å². The zero-order valence-electron chi connectivity index (χ0n) is 15.0. The molecule has 0 bridgehead atoms. The van der Waals surface area contributed by atoms with Crippen LogP contribution in [0.5, 0.6) is 0 Å². The Morgan fingerprint density at radius 3 is 2.56 bits per heavy atom. The summed E-state index contributed by atoms with van der Waals surface area (Å²) in [6.07, 6.45) is 5.72. The molecule has 4 rings (SSSR count). The van der Waals surface area contributed by atoms with Crippen molar-refractivity contribution in [1.82, 2.24) is 20.0 Å². The molecule has 7 heteroatoms. The third-order valence-corrected chi connectivity index (χ3v) is 6.35. The zero-order valence-corrected chi connectivity index (χ0v) is 15.0. The Hall–Kier alpha value is -1.34. The molecule has 0 aromatic rings. The van der Waals surface area contributed by atoms with Gasteiger partial charge in [0.1, 0.15) is 6.04 Å². The molecule has 3 amide bonds. The minimum atomic E-state index is -0.110. The minimum Gasteiger partial charge on any atom is -0.378 e. The molecule has 0 radical (unpaired) electrons. The van der Waals surface area contributed by atoms with Gasteiger partial charge in [-0.05, 0) is 31.6 Å². The van der Waals surface area contributed by atoms with Crippen LogP contribution in [-0.4, -0.2) is 91.2 Å². The molecule has 0 aromatic heterocycles. The van der Waals surface area contributed by atoms with E-state index in [-0.39, 0.29) is 24.0 Å². The molecule has 25 heavy (non-hydrogen) atoms. The van der Waals surface area contributed by atoms with Crippen LogP contribution in [0.2, 0.25) is 0 Å². The molecule has 4 fully saturated rings. The Morgan fingerprint density at radius 2 is 1.92 bits per heavy atom. The van der Waals surface area contributed by atoms with E-state index in [1.807, 2.05) is 9.80 Å². The standard InChI is InChI=1S/C18H30N4O3/c23-17(16-13-25-11-10-21(16)12-14-2-1-3-14)20-7-4-15(5-8-20)22-9-6-19-18(22)24/h14-16H,1-13H2,(H,19,24). The van der Waals surface area contributed by atoms with Gasteiger partial charge in [0.25, 0.3) is 0 Å². The van der Waals surface area contributed by atoms with Crippen molar-refractivity contribution in [1.29, 1.82) is 0 Å². The van der Waals surface area contributed by atoms with E-state index in [4.69, 9.17) is 4.74 Å². The normalized spacial score (nSPS) is 29.6. The molecule has 0 spiro atoms. The SMILES string of the molecule is O=C(C1COCCN1CC1CCC1)N1CCC(N2CCNC2=O)CC1. The van der Waals surface area contributed by atoms with Gasteiger partial charge in [0.15, 0.2) is 0 Å². The molecule has 1 unspecified atom stereocenters. The number of piperidine rings is 1. The molecule has 0 aromatic carbocycles. The Morgan fingerprint density at radius 1 is 1.12 bits per heavy atom. The number of amides is 3. The van der Waals surface area contributed by atoms with E-state index in [1.165, 1.54) is 19.3 Å². The summed E-state index contributed by atoms with van der Waals surface area (Å²) >= 11 is 0. The van der Waals surface area contributed by atoms with Gasteiger partial charge in [-0.15, -0.1) is 0 Å². The highest BCUT2D eigenvalue weighted by atomic mass is 16.5. The Kier molecular flexibility index (Phi) is 5.12. The van der Waals surface area contributed by atoms with Gasteiger partial charge in [-0.25, -0.2) is 4.79 Å². The molecular formula is C18H30N4O3. The number of nitrogens with one attached hydrogen (secondary N) is 1. The van der Waals surface area contributed by atoms with Gasteiger partial charge in [-0.3, -0.25) is 9.69 Å². The van der Waals surface area contributed by atoms with Gasteiger partial charge in [0, 0.05) is 45.3 Å². The number of urea groups is 1. The van der Waals surface area contributed by atoms with Crippen LogP contribution >= 0.6 is 0 Å².